The van der Waals surface area contributed by atoms with Crippen LogP contribution in [0.2, 0.25) is 0 Å². The smallest absolute Gasteiger partial charge is 0.333 e. The highest BCUT2D eigenvalue weighted by atomic mass is 16.4. The average Bonchev–Trinajstić information content (AvgIpc) is 2.40. The van der Waals surface area contributed by atoms with Crippen molar-refractivity contribution in [2.75, 3.05) is 5.32 Å². The largest absolute Gasteiger partial charge is 0.479 e. The molecule has 0 amide bonds. The van der Waals surface area contributed by atoms with Gasteiger partial charge in [-0.2, -0.15) is 0 Å². The van der Waals surface area contributed by atoms with E-state index < -0.39 is 11.5 Å². The van der Waals surface area contributed by atoms with Gasteiger partial charge in [0.05, 0.1) is 0 Å². The van der Waals surface area contributed by atoms with Gasteiger partial charge in [-0.25, -0.2) is 4.79 Å². The molecule has 0 radical (unpaired) electrons. The molecule has 92 valence electrons. The van der Waals surface area contributed by atoms with Gasteiger partial charge in [-0.1, -0.05) is 48.5 Å². The van der Waals surface area contributed by atoms with Gasteiger partial charge in [-0.3, -0.25) is 0 Å². The number of anilines is 1. The van der Waals surface area contributed by atoms with Crippen LogP contribution in [0.1, 0.15) is 12.5 Å². The van der Waals surface area contributed by atoms with Gasteiger partial charge in [-0.05, 0) is 24.6 Å². The summed E-state index contributed by atoms with van der Waals surface area (Å²) in [5, 5.41) is 12.6. The summed E-state index contributed by atoms with van der Waals surface area (Å²) in [6, 6.07) is 18.5. The highest BCUT2D eigenvalue weighted by Gasteiger charge is 2.34. The molecule has 3 nitrogen and oxygen atoms in total. The minimum absolute atomic E-state index is 0.723. The van der Waals surface area contributed by atoms with Crippen LogP contribution in [0.4, 0.5) is 5.69 Å². The Balaban J connectivity index is 2.37. The molecule has 0 aliphatic carbocycles. The molecule has 1 atom stereocenters. The zero-order valence-electron chi connectivity index (χ0n) is 10.1. The van der Waals surface area contributed by atoms with Crippen molar-refractivity contribution in [3.8, 4) is 0 Å². The fourth-order valence-electron chi connectivity index (χ4n) is 1.83. The van der Waals surface area contributed by atoms with Gasteiger partial charge in [0.15, 0.2) is 5.54 Å². The van der Waals surface area contributed by atoms with E-state index >= 15 is 0 Å². The van der Waals surface area contributed by atoms with Crippen LogP contribution in [0.15, 0.2) is 60.7 Å². The summed E-state index contributed by atoms with van der Waals surface area (Å²) in [6.45, 7) is 1.66. The molecule has 0 aromatic heterocycles. The molecule has 2 aromatic rings. The summed E-state index contributed by atoms with van der Waals surface area (Å²) in [5.74, 6) is -0.905. The van der Waals surface area contributed by atoms with Crippen LogP contribution < -0.4 is 5.32 Å². The maximum absolute atomic E-state index is 11.6. The molecule has 0 spiro atoms. The van der Waals surface area contributed by atoms with Crippen LogP contribution in [-0.2, 0) is 10.3 Å². The van der Waals surface area contributed by atoms with Crippen molar-refractivity contribution in [2.24, 2.45) is 0 Å². The maximum Gasteiger partial charge on any atom is 0.333 e. The van der Waals surface area contributed by atoms with E-state index in [1.54, 1.807) is 6.92 Å². The van der Waals surface area contributed by atoms with Gasteiger partial charge in [0.1, 0.15) is 0 Å². The molecular weight excluding hydrogens is 226 g/mol. The first-order valence-corrected chi connectivity index (χ1v) is 5.75. The number of hydrogen-bond donors (Lipinski definition) is 2. The standard InChI is InChI=1S/C15H15NO2/c1-15(14(17)18,12-8-4-2-5-9-12)16-13-10-6-3-7-11-13/h2-11,16H,1H3,(H,17,18)/t15-/m1/s1. The highest BCUT2D eigenvalue weighted by Crippen LogP contribution is 2.26. The van der Waals surface area contributed by atoms with Crippen molar-refractivity contribution < 1.29 is 9.90 Å². The first kappa shape index (κ1) is 12.2. The molecule has 0 fully saturated rings. The molecule has 0 bridgehead atoms. The molecule has 2 N–H and O–H groups in total. The van der Waals surface area contributed by atoms with E-state index in [1.165, 1.54) is 0 Å². The van der Waals surface area contributed by atoms with E-state index in [0.717, 1.165) is 11.3 Å². The van der Waals surface area contributed by atoms with Crippen molar-refractivity contribution in [3.63, 3.8) is 0 Å². The molecule has 0 unspecified atom stereocenters. The highest BCUT2D eigenvalue weighted by molar-refractivity contribution is 5.84. The quantitative estimate of drug-likeness (QED) is 0.864. The number of para-hydroxylation sites is 1. The van der Waals surface area contributed by atoms with Gasteiger partial charge in [0.25, 0.3) is 0 Å². The Kier molecular flexibility index (Phi) is 3.33. The summed E-state index contributed by atoms with van der Waals surface area (Å²) < 4.78 is 0. The Morgan fingerprint density at radius 3 is 2.00 bits per heavy atom. The molecular formula is C15H15NO2. The van der Waals surface area contributed by atoms with Crippen molar-refractivity contribution in [1.82, 2.24) is 0 Å². The number of aliphatic carboxylic acids is 1. The molecule has 0 aliphatic heterocycles. The lowest BCUT2D eigenvalue weighted by atomic mass is 9.92. The van der Waals surface area contributed by atoms with Crippen LogP contribution in [0.3, 0.4) is 0 Å². The van der Waals surface area contributed by atoms with E-state index in [2.05, 4.69) is 5.32 Å². The number of benzene rings is 2. The van der Waals surface area contributed by atoms with E-state index in [1.807, 2.05) is 60.7 Å². The van der Waals surface area contributed by atoms with Crippen molar-refractivity contribution in [2.45, 2.75) is 12.5 Å². The molecule has 0 saturated carbocycles. The monoisotopic (exact) mass is 241 g/mol. The Bertz CT molecular complexity index is 525. The van der Waals surface area contributed by atoms with Gasteiger partial charge in [-0.15, -0.1) is 0 Å². The van der Waals surface area contributed by atoms with Crippen LogP contribution in [0, 0.1) is 0 Å². The van der Waals surface area contributed by atoms with Crippen LogP contribution in [0.5, 0.6) is 0 Å². The van der Waals surface area contributed by atoms with Crippen molar-refractivity contribution >= 4 is 11.7 Å². The van der Waals surface area contributed by atoms with Crippen LogP contribution in [0.25, 0.3) is 0 Å². The first-order valence-electron chi connectivity index (χ1n) is 5.75. The summed E-state index contributed by atoms with van der Waals surface area (Å²) in [4.78, 5) is 11.6. The third-order valence-corrected chi connectivity index (χ3v) is 2.95. The molecule has 2 aromatic carbocycles. The number of carbonyl (C=O) groups is 1. The predicted octanol–water partition coefficient (Wildman–Crippen LogP) is 3.10. The van der Waals surface area contributed by atoms with Crippen molar-refractivity contribution in [3.05, 3.63) is 66.2 Å². The van der Waals surface area contributed by atoms with E-state index in [9.17, 15) is 9.90 Å². The van der Waals surface area contributed by atoms with Gasteiger partial charge in [0, 0.05) is 5.69 Å². The molecule has 18 heavy (non-hydrogen) atoms. The lowest BCUT2D eigenvalue weighted by Crippen LogP contribution is -2.40. The minimum Gasteiger partial charge on any atom is -0.479 e. The second kappa shape index (κ2) is 4.92. The van der Waals surface area contributed by atoms with Gasteiger partial charge >= 0.3 is 5.97 Å². The zero-order valence-corrected chi connectivity index (χ0v) is 10.1. The summed E-state index contributed by atoms with van der Waals surface area (Å²) in [6.07, 6.45) is 0. The minimum atomic E-state index is -1.14. The molecule has 0 heterocycles. The van der Waals surface area contributed by atoms with Gasteiger partial charge in [0.2, 0.25) is 0 Å². The first-order chi connectivity index (χ1) is 8.63. The van der Waals surface area contributed by atoms with Crippen molar-refractivity contribution in [1.29, 1.82) is 0 Å². The number of carboxylic acid groups (broad SMARTS) is 1. The summed E-state index contributed by atoms with van der Waals surface area (Å²) >= 11 is 0. The lowest BCUT2D eigenvalue weighted by molar-refractivity contribution is -0.142. The SMILES string of the molecule is C[C@](Nc1ccccc1)(C(=O)O)c1ccccc1. The molecule has 0 aliphatic rings. The maximum atomic E-state index is 11.6. The fraction of sp³-hybridized carbons (Fsp3) is 0.133. The third kappa shape index (κ3) is 2.35. The lowest BCUT2D eigenvalue weighted by Gasteiger charge is -2.28. The number of nitrogens with one attached hydrogen (secondary N) is 1. The van der Waals surface area contributed by atoms with Crippen LogP contribution >= 0.6 is 0 Å². The number of hydrogen-bond acceptors (Lipinski definition) is 2. The topological polar surface area (TPSA) is 49.3 Å². The Morgan fingerprint density at radius 1 is 1.00 bits per heavy atom. The molecule has 0 saturated heterocycles. The summed E-state index contributed by atoms with van der Waals surface area (Å²) in [5.41, 5.74) is 0.371. The summed E-state index contributed by atoms with van der Waals surface area (Å²) in [7, 11) is 0. The molecule has 2 rings (SSSR count). The van der Waals surface area contributed by atoms with Gasteiger partial charge < -0.3 is 10.4 Å². The molecule has 3 heteroatoms. The van der Waals surface area contributed by atoms with Crippen LogP contribution in [-0.4, -0.2) is 11.1 Å². The zero-order chi connectivity index (χ0) is 13.0. The van der Waals surface area contributed by atoms with E-state index in [-0.39, 0.29) is 0 Å². The Hall–Kier alpha value is -2.29. The second-order valence-electron chi connectivity index (χ2n) is 4.29. The third-order valence-electron chi connectivity index (χ3n) is 2.95. The number of carboxylic acids is 1. The fourth-order valence-corrected chi connectivity index (χ4v) is 1.83. The average molecular weight is 241 g/mol. The number of rotatable bonds is 4. The predicted molar refractivity (Wildman–Crippen MR) is 71.5 cm³/mol. The van der Waals surface area contributed by atoms with E-state index in [4.69, 9.17) is 0 Å². The Morgan fingerprint density at radius 2 is 1.50 bits per heavy atom. The second-order valence-corrected chi connectivity index (χ2v) is 4.29. The Labute approximate surface area is 106 Å². The van der Waals surface area contributed by atoms with E-state index in [0.29, 0.717) is 0 Å². The normalized spacial score (nSPS) is 13.6.